The maximum Gasteiger partial charge on any atom is 0.107 e. The molecule has 1 saturated heterocycles. The second kappa shape index (κ2) is 7.70. The highest BCUT2D eigenvalue weighted by molar-refractivity contribution is 7.09. The van der Waals surface area contributed by atoms with Crippen molar-refractivity contribution in [2.75, 3.05) is 13.1 Å². The lowest BCUT2D eigenvalue weighted by Gasteiger charge is -2.44. The van der Waals surface area contributed by atoms with Crippen LogP contribution in [0.2, 0.25) is 0 Å². The van der Waals surface area contributed by atoms with Crippen LogP contribution in [0, 0.1) is 5.92 Å². The average Bonchev–Trinajstić information content (AvgIpc) is 2.96. The summed E-state index contributed by atoms with van der Waals surface area (Å²) >= 11 is 1.82. The third kappa shape index (κ3) is 4.05. The van der Waals surface area contributed by atoms with Crippen molar-refractivity contribution in [1.29, 1.82) is 0 Å². The molecule has 21 heavy (non-hydrogen) atoms. The summed E-state index contributed by atoms with van der Waals surface area (Å²) in [5.41, 5.74) is 1.29. The Morgan fingerprint density at radius 3 is 3.05 bits per heavy atom. The fourth-order valence-corrected chi connectivity index (χ4v) is 4.76. The van der Waals surface area contributed by atoms with Crippen LogP contribution in [-0.4, -0.2) is 29.0 Å². The van der Waals surface area contributed by atoms with Gasteiger partial charge < -0.3 is 5.32 Å². The van der Waals surface area contributed by atoms with Crippen molar-refractivity contribution < 1.29 is 0 Å². The number of fused-ring (bicyclic) bond motifs is 1. The molecule has 0 bridgehead atoms. The third-order valence-corrected chi connectivity index (χ3v) is 5.92. The first-order valence-electron chi connectivity index (χ1n) is 8.75. The molecule has 2 heterocycles. The van der Waals surface area contributed by atoms with Crippen LogP contribution in [0.1, 0.15) is 62.6 Å². The number of likely N-dealkylation sites (tertiary alicyclic amines) is 1. The molecule has 1 saturated carbocycles. The zero-order chi connectivity index (χ0) is 14.5. The topological polar surface area (TPSA) is 28.2 Å². The van der Waals surface area contributed by atoms with Crippen molar-refractivity contribution in [2.45, 2.75) is 71.0 Å². The molecule has 3 rings (SSSR count). The predicted octanol–water partition coefficient (Wildman–Crippen LogP) is 3.80. The van der Waals surface area contributed by atoms with Gasteiger partial charge in [0.25, 0.3) is 0 Å². The highest BCUT2D eigenvalue weighted by Gasteiger charge is 2.33. The minimum Gasteiger partial charge on any atom is -0.310 e. The van der Waals surface area contributed by atoms with E-state index in [0.717, 1.165) is 31.6 Å². The molecule has 1 aliphatic carbocycles. The van der Waals surface area contributed by atoms with Gasteiger partial charge in [-0.25, -0.2) is 4.98 Å². The van der Waals surface area contributed by atoms with Crippen LogP contribution in [0.15, 0.2) is 5.38 Å². The van der Waals surface area contributed by atoms with Crippen LogP contribution in [0.25, 0.3) is 0 Å². The Balaban J connectivity index is 1.55. The summed E-state index contributed by atoms with van der Waals surface area (Å²) in [6.07, 6.45) is 9.81. The van der Waals surface area contributed by atoms with Gasteiger partial charge in [-0.1, -0.05) is 19.8 Å². The molecule has 0 spiro atoms. The van der Waals surface area contributed by atoms with Crippen molar-refractivity contribution in [3.63, 3.8) is 0 Å². The predicted molar refractivity (Wildman–Crippen MR) is 89.5 cm³/mol. The van der Waals surface area contributed by atoms with E-state index >= 15 is 0 Å². The lowest BCUT2D eigenvalue weighted by molar-refractivity contribution is 0.0538. The normalized spacial score (nSPS) is 26.7. The van der Waals surface area contributed by atoms with Gasteiger partial charge in [-0.05, 0) is 51.1 Å². The molecule has 4 heteroatoms. The number of hydrogen-bond donors (Lipinski definition) is 1. The first kappa shape index (κ1) is 15.4. The molecule has 1 aliphatic heterocycles. The number of rotatable bonds is 6. The van der Waals surface area contributed by atoms with Gasteiger partial charge in [0.15, 0.2) is 0 Å². The van der Waals surface area contributed by atoms with Crippen molar-refractivity contribution in [3.8, 4) is 0 Å². The zero-order valence-electron chi connectivity index (χ0n) is 13.3. The number of thiazole rings is 1. The van der Waals surface area contributed by atoms with E-state index in [2.05, 4.69) is 22.5 Å². The van der Waals surface area contributed by atoms with Crippen molar-refractivity contribution in [3.05, 3.63) is 16.1 Å². The summed E-state index contributed by atoms with van der Waals surface area (Å²) < 4.78 is 0. The molecule has 2 aliphatic rings. The van der Waals surface area contributed by atoms with E-state index in [1.165, 1.54) is 62.2 Å². The van der Waals surface area contributed by atoms with Crippen LogP contribution in [0.3, 0.4) is 0 Å². The minimum atomic E-state index is 0.843. The first-order valence-corrected chi connectivity index (χ1v) is 9.63. The minimum absolute atomic E-state index is 0.843. The van der Waals surface area contributed by atoms with Gasteiger partial charge in [0.2, 0.25) is 0 Å². The number of piperidine rings is 1. The number of aromatic nitrogens is 1. The van der Waals surface area contributed by atoms with Gasteiger partial charge in [-0.3, -0.25) is 4.90 Å². The van der Waals surface area contributed by atoms with E-state index in [1.807, 2.05) is 11.3 Å². The van der Waals surface area contributed by atoms with Gasteiger partial charge >= 0.3 is 0 Å². The molecule has 118 valence electrons. The van der Waals surface area contributed by atoms with E-state index < -0.39 is 0 Å². The monoisotopic (exact) mass is 307 g/mol. The summed E-state index contributed by atoms with van der Waals surface area (Å²) in [6.45, 7) is 6.58. The molecule has 1 N–H and O–H groups in total. The van der Waals surface area contributed by atoms with Crippen molar-refractivity contribution >= 4 is 11.3 Å². The van der Waals surface area contributed by atoms with Gasteiger partial charge in [0.1, 0.15) is 5.01 Å². The molecule has 0 amide bonds. The van der Waals surface area contributed by atoms with E-state index in [9.17, 15) is 0 Å². The lowest BCUT2D eigenvalue weighted by atomic mass is 9.78. The summed E-state index contributed by atoms with van der Waals surface area (Å²) in [5, 5.41) is 6.97. The molecule has 1 aromatic heterocycles. The molecule has 0 radical (unpaired) electrons. The number of nitrogens with zero attached hydrogens (tertiary/aromatic N) is 2. The maximum absolute atomic E-state index is 4.83. The quantitative estimate of drug-likeness (QED) is 0.810. The molecular formula is C17H29N3S. The second-order valence-corrected chi connectivity index (χ2v) is 7.58. The summed E-state index contributed by atoms with van der Waals surface area (Å²) in [7, 11) is 0. The molecule has 0 aromatic carbocycles. The van der Waals surface area contributed by atoms with Crippen molar-refractivity contribution in [1.82, 2.24) is 15.2 Å². The molecule has 0 unspecified atom stereocenters. The Morgan fingerprint density at radius 1 is 1.29 bits per heavy atom. The SMILES string of the molecule is CCCNCc1nc(CN2CCC[C@H]3CCCC[C@H]32)cs1. The fraction of sp³-hybridized carbons (Fsp3) is 0.824. The van der Waals surface area contributed by atoms with Gasteiger partial charge in [-0.2, -0.15) is 0 Å². The van der Waals surface area contributed by atoms with Crippen LogP contribution in [-0.2, 0) is 13.1 Å². The maximum atomic E-state index is 4.83. The Labute approximate surface area is 133 Å². The molecule has 1 aromatic rings. The largest absolute Gasteiger partial charge is 0.310 e. The van der Waals surface area contributed by atoms with Gasteiger partial charge in [0, 0.05) is 24.5 Å². The van der Waals surface area contributed by atoms with E-state index in [-0.39, 0.29) is 0 Å². The molecule has 2 fully saturated rings. The van der Waals surface area contributed by atoms with E-state index in [0.29, 0.717) is 0 Å². The van der Waals surface area contributed by atoms with Crippen molar-refractivity contribution in [2.24, 2.45) is 5.92 Å². The Kier molecular flexibility index (Phi) is 5.67. The summed E-state index contributed by atoms with van der Waals surface area (Å²) in [6, 6.07) is 0.843. The summed E-state index contributed by atoms with van der Waals surface area (Å²) in [5.74, 6) is 0.969. The molecule has 3 nitrogen and oxygen atoms in total. The van der Waals surface area contributed by atoms with Crippen LogP contribution in [0.5, 0.6) is 0 Å². The third-order valence-electron chi connectivity index (χ3n) is 5.03. The fourth-order valence-electron chi connectivity index (χ4n) is 4.01. The van der Waals surface area contributed by atoms with Crippen LogP contribution < -0.4 is 5.32 Å². The molecular weight excluding hydrogens is 278 g/mol. The van der Waals surface area contributed by atoms with E-state index in [4.69, 9.17) is 4.98 Å². The lowest BCUT2D eigenvalue weighted by Crippen LogP contribution is -2.46. The number of nitrogens with one attached hydrogen (secondary N) is 1. The van der Waals surface area contributed by atoms with Gasteiger partial charge in [0.05, 0.1) is 5.69 Å². The average molecular weight is 308 g/mol. The number of hydrogen-bond acceptors (Lipinski definition) is 4. The highest BCUT2D eigenvalue weighted by atomic mass is 32.1. The Bertz CT molecular complexity index is 429. The zero-order valence-corrected chi connectivity index (χ0v) is 14.1. The highest BCUT2D eigenvalue weighted by Crippen LogP contribution is 2.35. The standard InChI is InChI=1S/C17H29N3S/c1-2-9-18-11-17-19-15(13-21-17)12-20-10-5-7-14-6-3-4-8-16(14)20/h13-14,16,18H,2-12H2,1H3/t14-,16-/m1/s1. The summed E-state index contributed by atoms with van der Waals surface area (Å²) in [4.78, 5) is 7.56. The smallest absolute Gasteiger partial charge is 0.107 e. The second-order valence-electron chi connectivity index (χ2n) is 6.63. The first-order chi connectivity index (χ1) is 10.4. The Morgan fingerprint density at radius 2 is 2.14 bits per heavy atom. The van der Waals surface area contributed by atoms with Gasteiger partial charge in [-0.15, -0.1) is 11.3 Å². The van der Waals surface area contributed by atoms with Crippen LogP contribution in [0.4, 0.5) is 0 Å². The molecule has 2 atom stereocenters. The van der Waals surface area contributed by atoms with E-state index in [1.54, 1.807) is 0 Å². The Hall–Kier alpha value is -0.450. The van der Waals surface area contributed by atoms with Crippen LogP contribution >= 0.6 is 11.3 Å².